The van der Waals surface area contributed by atoms with Gasteiger partial charge in [-0.1, -0.05) is 56.3 Å². The lowest BCUT2D eigenvalue weighted by molar-refractivity contribution is -0.134. The predicted octanol–water partition coefficient (Wildman–Crippen LogP) is 4.31. The van der Waals surface area contributed by atoms with Gasteiger partial charge in [0.2, 0.25) is 15.9 Å². The molecule has 2 aliphatic rings. The van der Waals surface area contributed by atoms with Gasteiger partial charge in [0.15, 0.2) is 0 Å². The summed E-state index contributed by atoms with van der Waals surface area (Å²) in [5, 5.41) is 15.3. The van der Waals surface area contributed by atoms with E-state index in [9.17, 15) is 18.3 Å². The van der Waals surface area contributed by atoms with E-state index in [-0.39, 0.29) is 29.2 Å². The molecule has 40 heavy (non-hydrogen) atoms. The highest BCUT2D eigenvalue weighted by Gasteiger charge is 2.35. The van der Waals surface area contributed by atoms with E-state index in [0.717, 1.165) is 42.5 Å². The number of para-hydroxylation sites is 1. The topological polar surface area (TPSA) is 112 Å². The summed E-state index contributed by atoms with van der Waals surface area (Å²) in [5.74, 6) is 0.143. The molecule has 1 amide bonds. The smallest absolute Gasteiger partial charge is 0.243 e. The number of rotatable bonds is 9. The summed E-state index contributed by atoms with van der Waals surface area (Å²) in [4.78, 5) is 20.5. The number of aliphatic hydroxyl groups excluding tert-OH is 1. The number of piperidine rings is 1. The maximum Gasteiger partial charge on any atom is 0.243 e. The zero-order chi connectivity index (χ0) is 28.3. The fraction of sp³-hybridized carbons (Fsp3) is 0.467. The molecule has 0 aliphatic carbocycles. The largest absolute Gasteiger partial charge is 0.396 e. The summed E-state index contributed by atoms with van der Waals surface area (Å²) in [7, 11) is -4.02. The van der Waals surface area contributed by atoms with E-state index < -0.39 is 16.1 Å². The first kappa shape index (κ1) is 28.7. The van der Waals surface area contributed by atoms with Crippen LogP contribution in [0, 0.1) is 11.3 Å². The Balaban J connectivity index is 1.41. The van der Waals surface area contributed by atoms with Gasteiger partial charge in [0.25, 0.3) is 0 Å². The van der Waals surface area contributed by atoms with Crippen molar-refractivity contribution in [2.45, 2.75) is 56.9 Å². The number of nitrogens with zero attached hydrogens (tertiary/aromatic N) is 2. The van der Waals surface area contributed by atoms with Crippen molar-refractivity contribution in [2.75, 3.05) is 31.6 Å². The molecular weight excluding hydrogens is 544 g/mol. The highest BCUT2D eigenvalue weighted by molar-refractivity contribution is 7.89. The summed E-state index contributed by atoms with van der Waals surface area (Å²) in [6, 6.07) is 14.2. The molecule has 0 radical (unpaired) electrons. The van der Waals surface area contributed by atoms with Gasteiger partial charge in [-0.15, -0.1) is 11.3 Å². The minimum atomic E-state index is -4.02. The van der Waals surface area contributed by atoms with Crippen molar-refractivity contribution in [3.63, 3.8) is 0 Å². The van der Waals surface area contributed by atoms with Crippen LogP contribution in [0.4, 0.5) is 5.69 Å². The first-order valence-corrected chi connectivity index (χ1v) is 16.3. The number of nitrogens with one attached hydrogen (secondary N) is 2. The van der Waals surface area contributed by atoms with E-state index in [2.05, 4.69) is 23.9 Å². The first-order valence-electron chi connectivity index (χ1n) is 13.9. The van der Waals surface area contributed by atoms with Gasteiger partial charge >= 0.3 is 0 Å². The number of sulfonamides is 1. The van der Waals surface area contributed by atoms with Crippen LogP contribution in [0.5, 0.6) is 0 Å². The number of aliphatic hydroxyl groups is 1. The molecule has 0 spiro atoms. The number of anilines is 1. The Bertz CT molecular complexity index is 1430. The number of likely N-dealkylation sites (tertiary alicyclic amines) is 1. The maximum atomic E-state index is 13.9. The summed E-state index contributed by atoms with van der Waals surface area (Å²) >= 11 is 1.43. The zero-order valence-electron chi connectivity index (χ0n) is 23.1. The number of hydrogen-bond donors (Lipinski definition) is 3. The van der Waals surface area contributed by atoms with Gasteiger partial charge in [-0.2, -0.15) is 4.72 Å². The highest BCUT2D eigenvalue weighted by Crippen LogP contribution is 2.36. The Morgan fingerprint density at radius 1 is 1.18 bits per heavy atom. The molecule has 0 saturated carbocycles. The molecule has 0 unspecified atom stereocenters. The number of thiazole rings is 1. The maximum absolute atomic E-state index is 13.9. The average molecular weight is 583 g/mol. The van der Waals surface area contributed by atoms with Crippen molar-refractivity contribution < 1.29 is 18.3 Å². The van der Waals surface area contributed by atoms with Crippen molar-refractivity contribution in [1.29, 1.82) is 0 Å². The molecule has 1 aromatic heterocycles. The third kappa shape index (κ3) is 6.57. The lowest BCUT2D eigenvalue weighted by Crippen LogP contribution is -2.51. The molecule has 3 aromatic rings. The van der Waals surface area contributed by atoms with Gasteiger partial charge in [0, 0.05) is 43.6 Å². The molecule has 1 atom stereocenters. The molecule has 3 heterocycles. The second-order valence-corrected chi connectivity index (χ2v) is 14.3. The number of carbonyl (C=O) groups is 1. The lowest BCUT2D eigenvalue weighted by Gasteiger charge is -2.35. The van der Waals surface area contributed by atoms with Gasteiger partial charge in [-0.25, -0.2) is 13.4 Å². The van der Waals surface area contributed by atoms with Gasteiger partial charge < -0.3 is 15.3 Å². The molecule has 2 aliphatic heterocycles. The van der Waals surface area contributed by atoms with Crippen LogP contribution in [0.15, 0.2) is 58.8 Å². The van der Waals surface area contributed by atoms with Crippen LogP contribution < -0.4 is 10.0 Å². The third-order valence-electron chi connectivity index (χ3n) is 7.87. The summed E-state index contributed by atoms with van der Waals surface area (Å²) < 4.78 is 30.5. The van der Waals surface area contributed by atoms with E-state index in [1.807, 2.05) is 41.8 Å². The van der Waals surface area contributed by atoms with Crippen molar-refractivity contribution in [3.8, 4) is 11.3 Å². The normalized spacial score (nSPS) is 18.1. The molecular formula is C30H38N4O4S2. The Morgan fingerprint density at radius 3 is 2.65 bits per heavy atom. The van der Waals surface area contributed by atoms with Crippen molar-refractivity contribution >= 4 is 33.0 Å². The summed E-state index contributed by atoms with van der Waals surface area (Å²) in [6.07, 6.45) is 3.26. The SMILES string of the molecule is CC1(C)CNc2c(cccc2S(=O)(=O)N[C@@H](Cc2nc(-c3ccccc3)cs2)C(=O)N2CCC(CCO)CC2)C1. The van der Waals surface area contributed by atoms with Crippen molar-refractivity contribution in [1.82, 2.24) is 14.6 Å². The second kappa shape index (κ2) is 12.0. The second-order valence-electron chi connectivity index (χ2n) is 11.6. The van der Waals surface area contributed by atoms with E-state index in [4.69, 9.17) is 4.98 Å². The van der Waals surface area contributed by atoms with Crippen LogP contribution in [0.3, 0.4) is 0 Å². The fourth-order valence-corrected chi connectivity index (χ4v) is 7.92. The standard InChI is InChI=1S/C30H38N4O4S2/c1-30(2)18-23-9-6-10-26(28(23)31-20-30)40(37,38)33-24(29(36)34-14-11-21(12-15-34)13-16-35)17-27-32-25(19-39-27)22-7-4-3-5-8-22/h3-10,19,21,24,31,33,35H,11-18,20H2,1-2H3/t24-/m0/s1. The van der Waals surface area contributed by atoms with Crippen LogP contribution in [-0.2, 0) is 27.7 Å². The van der Waals surface area contributed by atoms with Crippen molar-refractivity contribution in [2.24, 2.45) is 11.3 Å². The fourth-order valence-electron chi connectivity index (χ4n) is 5.65. The lowest BCUT2D eigenvalue weighted by atomic mass is 9.82. The molecule has 5 rings (SSSR count). The summed E-state index contributed by atoms with van der Waals surface area (Å²) in [5.41, 5.74) is 3.38. The monoisotopic (exact) mass is 582 g/mol. The average Bonchev–Trinajstić information content (AvgIpc) is 3.41. The molecule has 214 valence electrons. The van der Waals surface area contributed by atoms with E-state index >= 15 is 0 Å². The summed E-state index contributed by atoms with van der Waals surface area (Å²) in [6.45, 7) is 6.20. The molecule has 2 aromatic carbocycles. The number of hydrogen-bond acceptors (Lipinski definition) is 7. The number of aromatic nitrogens is 1. The number of fused-ring (bicyclic) bond motifs is 1. The molecule has 3 N–H and O–H groups in total. The van der Waals surface area contributed by atoms with E-state index in [0.29, 0.717) is 36.2 Å². The molecule has 1 saturated heterocycles. The Morgan fingerprint density at radius 2 is 1.93 bits per heavy atom. The van der Waals surface area contributed by atoms with Gasteiger partial charge in [0.05, 0.1) is 16.4 Å². The highest BCUT2D eigenvalue weighted by atomic mass is 32.2. The van der Waals surface area contributed by atoms with Crippen LogP contribution in [0.1, 0.15) is 43.7 Å². The van der Waals surface area contributed by atoms with Crippen LogP contribution in [-0.4, -0.2) is 61.6 Å². The minimum Gasteiger partial charge on any atom is -0.396 e. The number of amides is 1. The molecule has 0 bridgehead atoms. The van der Waals surface area contributed by atoms with Gasteiger partial charge in [-0.3, -0.25) is 4.79 Å². The Hall–Kier alpha value is -2.79. The minimum absolute atomic E-state index is 0.0186. The quantitative estimate of drug-likeness (QED) is 0.347. The Kier molecular flexibility index (Phi) is 8.61. The predicted molar refractivity (Wildman–Crippen MR) is 159 cm³/mol. The third-order valence-corrected chi connectivity index (χ3v) is 10.3. The van der Waals surface area contributed by atoms with Gasteiger partial charge in [-0.05, 0) is 48.6 Å². The van der Waals surface area contributed by atoms with E-state index in [1.165, 1.54) is 11.3 Å². The molecule has 1 fully saturated rings. The van der Waals surface area contributed by atoms with Gasteiger partial charge in [0.1, 0.15) is 10.9 Å². The number of carbonyl (C=O) groups excluding carboxylic acids is 1. The van der Waals surface area contributed by atoms with Crippen molar-refractivity contribution in [3.05, 3.63) is 64.5 Å². The van der Waals surface area contributed by atoms with Crippen LogP contribution in [0.25, 0.3) is 11.3 Å². The van der Waals surface area contributed by atoms with Crippen LogP contribution in [0.2, 0.25) is 0 Å². The molecule has 10 heteroatoms. The Labute approximate surface area is 240 Å². The molecule has 8 nitrogen and oxygen atoms in total. The first-order chi connectivity index (χ1) is 19.1. The zero-order valence-corrected chi connectivity index (χ0v) is 24.7. The number of benzene rings is 2. The van der Waals surface area contributed by atoms with Crippen LogP contribution >= 0.6 is 11.3 Å². The van der Waals surface area contributed by atoms with E-state index in [1.54, 1.807) is 17.0 Å².